The Morgan fingerprint density at radius 3 is 2.22 bits per heavy atom. The minimum atomic E-state index is -1.35. The molecule has 0 radical (unpaired) electrons. The zero-order valence-electron chi connectivity index (χ0n) is 16.6. The Morgan fingerprint density at radius 1 is 1.04 bits per heavy atom. The quantitative estimate of drug-likeness (QED) is 0.724. The predicted octanol–water partition coefficient (Wildman–Crippen LogP) is 4.26. The molecule has 0 aliphatic rings. The van der Waals surface area contributed by atoms with Crippen LogP contribution in [0.4, 0.5) is 5.69 Å². The van der Waals surface area contributed by atoms with E-state index < -0.39 is 10.8 Å². The van der Waals surface area contributed by atoms with Crippen LogP contribution >= 0.6 is 0 Å². The summed E-state index contributed by atoms with van der Waals surface area (Å²) in [6.07, 6.45) is 0.940. The van der Waals surface area contributed by atoms with Crippen molar-refractivity contribution in [2.75, 3.05) is 11.1 Å². The van der Waals surface area contributed by atoms with Crippen LogP contribution in [-0.2, 0) is 27.8 Å². The van der Waals surface area contributed by atoms with Gasteiger partial charge in [0.2, 0.25) is 5.91 Å². The Balaban J connectivity index is 2.07. The van der Waals surface area contributed by atoms with E-state index in [1.165, 1.54) is 5.56 Å². The fourth-order valence-corrected chi connectivity index (χ4v) is 4.60. The van der Waals surface area contributed by atoms with E-state index in [1.807, 2.05) is 51.1 Å². The van der Waals surface area contributed by atoms with Crippen molar-refractivity contribution in [3.8, 4) is 0 Å². The predicted molar refractivity (Wildman–Crippen MR) is 112 cm³/mol. The van der Waals surface area contributed by atoms with Gasteiger partial charge in [-0.25, -0.2) is 0 Å². The van der Waals surface area contributed by atoms with Crippen molar-refractivity contribution >= 4 is 28.2 Å². The molecule has 0 heterocycles. The highest BCUT2D eigenvalue weighted by molar-refractivity contribution is 7.85. The van der Waals surface area contributed by atoms with Gasteiger partial charge in [-0.05, 0) is 74.1 Å². The number of Topliss-reactive ketones (excluding diaryl/α,β-unsaturated/α-hetero) is 1. The second-order valence-corrected chi connectivity index (χ2v) is 8.33. The van der Waals surface area contributed by atoms with Crippen LogP contribution in [0.2, 0.25) is 0 Å². The first kappa shape index (κ1) is 21.0. The molecule has 0 saturated heterocycles. The molecule has 1 amide bonds. The van der Waals surface area contributed by atoms with Gasteiger partial charge < -0.3 is 5.32 Å². The molecular formula is C22H27NO3S. The minimum Gasteiger partial charge on any atom is -0.325 e. The van der Waals surface area contributed by atoms with Crippen molar-refractivity contribution in [1.29, 1.82) is 0 Å². The van der Waals surface area contributed by atoms with E-state index >= 15 is 0 Å². The topological polar surface area (TPSA) is 63.2 Å². The Kier molecular flexibility index (Phi) is 7.08. The molecule has 0 bridgehead atoms. The molecule has 2 aromatic carbocycles. The number of carbonyl (C=O) groups is 2. The van der Waals surface area contributed by atoms with E-state index in [4.69, 9.17) is 0 Å². The molecular weight excluding hydrogens is 358 g/mol. The number of benzene rings is 2. The Hall–Kier alpha value is -2.27. The van der Waals surface area contributed by atoms with Crippen LogP contribution in [-0.4, -0.2) is 21.7 Å². The smallest absolute Gasteiger partial charge is 0.237 e. The number of carbonyl (C=O) groups excluding carboxylic acids is 2. The van der Waals surface area contributed by atoms with E-state index in [-0.39, 0.29) is 23.2 Å². The molecule has 0 fully saturated rings. The van der Waals surface area contributed by atoms with Crippen molar-refractivity contribution in [2.45, 2.75) is 46.8 Å². The minimum absolute atomic E-state index is 0.00491. The van der Waals surface area contributed by atoms with Crippen LogP contribution < -0.4 is 5.32 Å². The van der Waals surface area contributed by atoms with Gasteiger partial charge in [0.15, 0.2) is 5.78 Å². The number of rotatable bonds is 7. The average Bonchev–Trinajstić information content (AvgIpc) is 2.58. The summed E-state index contributed by atoms with van der Waals surface area (Å²) in [4.78, 5) is 24.1. The largest absolute Gasteiger partial charge is 0.325 e. The summed E-state index contributed by atoms with van der Waals surface area (Å²) in [5, 5.41) is 2.79. The molecule has 4 nitrogen and oxygen atoms in total. The fourth-order valence-electron chi connectivity index (χ4n) is 3.37. The molecule has 0 saturated carbocycles. The highest BCUT2D eigenvalue weighted by Crippen LogP contribution is 2.24. The van der Waals surface area contributed by atoms with E-state index in [1.54, 1.807) is 6.92 Å². The van der Waals surface area contributed by atoms with Crippen molar-refractivity contribution in [1.82, 2.24) is 0 Å². The second-order valence-electron chi connectivity index (χ2n) is 6.87. The Morgan fingerprint density at radius 2 is 1.67 bits per heavy atom. The molecule has 0 aliphatic heterocycles. The maximum Gasteiger partial charge on any atom is 0.237 e. The van der Waals surface area contributed by atoms with Gasteiger partial charge >= 0.3 is 0 Å². The molecule has 1 N–H and O–H groups in total. The van der Waals surface area contributed by atoms with E-state index in [9.17, 15) is 13.8 Å². The van der Waals surface area contributed by atoms with Gasteiger partial charge in [0.1, 0.15) is 5.75 Å². The standard InChI is InChI=1S/C22H27NO3S/c1-6-18-7-9-19(10-8-18)23-21(25)13-27(26)12-20-14(2)11-15(3)22(16(20)4)17(5)24/h7-11H,6,12-13H2,1-5H3,(H,23,25). The summed E-state index contributed by atoms with van der Waals surface area (Å²) in [6, 6.07) is 9.59. The third-order valence-corrected chi connectivity index (χ3v) is 5.92. The lowest BCUT2D eigenvalue weighted by Crippen LogP contribution is -2.21. The van der Waals surface area contributed by atoms with Crippen molar-refractivity contribution < 1.29 is 13.8 Å². The van der Waals surface area contributed by atoms with Gasteiger partial charge in [-0.1, -0.05) is 25.1 Å². The van der Waals surface area contributed by atoms with Crippen LogP contribution in [0.1, 0.15) is 52.0 Å². The second kappa shape index (κ2) is 9.09. The number of nitrogens with one attached hydrogen (secondary N) is 1. The summed E-state index contributed by atoms with van der Waals surface area (Å²) in [7, 11) is -1.35. The number of aryl methyl sites for hydroxylation is 3. The Bertz CT molecular complexity index is 885. The van der Waals surface area contributed by atoms with Crippen LogP contribution in [0.25, 0.3) is 0 Å². The van der Waals surface area contributed by atoms with Gasteiger partial charge in [0, 0.05) is 27.8 Å². The van der Waals surface area contributed by atoms with Gasteiger partial charge in [-0.15, -0.1) is 0 Å². The monoisotopic (exact) mass is 385 g/mol. The molecule has 27 heavy (non-hydrogen) atoms. The van der Waals surface area contributed by atoms with Crippen molar-refractivity contribution in [3.63, 3.8) is 0 Å². The number of anilines is 1. The summed E-state index contributed by atoms with van der Waals surface area (Å²) in [5.74, 6) is -0.0740. The van der Waals surface area contributed by atoms with E-state index in [2.05, 4.69) is 12.2 Å². The zero-order chi connectivity index (χ0) is 20.1. The van der Waals surface area contributed by atoms with Crippen LogP contribution in [0.5, 0.6) is 0 Å². The highest BCUT2D eigenvalue weighted by atomic mass is 32.2. The first-order chi connectivity index (χ1) is 12.7. The van der Waals surface area contributed by atoms with Gasteiger partial charge in [0.05, 0.1) is 0 Å². The lowest BCUT2D eigenvalue weighted by molar-refractivity contribution is -0.113. The summed E-state index contributed by atoms with van der Waals surface area (Å²) >= 11 is 0. The first-order valence-corrected chi connectivity index (χ1v) is 10.6. The summed E-state index contributed by atoms with van der Waals surface area (Å²) in [6.45, 7) is 9.37. The molecule has 5 heteroatoms. The van der Waals surface area contributed by atoms with Gasteiger partial charge in [-0.3, -0.25) is 13.8 Å². The highest BCUT2D eigenvalue weighted by Gasteiger charge is 2.17. The normalized spacial score (nSPS) is 11.9. The maximum absolute atomic E-state index is 12.5. The van der Waals surface area contributed by atoms with Crippen LogP contribution in [0.3, 0.4) is 0 Å². The lowest BCUT2D eigenvalue weighted by Gasteiger charge is -2.15. The molecule has 0 aromatic heterocycles. The molecule has 1 unspecified atom stereocenters. The lowest BCUT2D eigenvalue weighted by atomic mass is 9.92. The number of hydrogen-bond acceptors (Lipinski definition) is 3. The molecule has 144 valence electrons. The molecule has 0 aliphatic carbocycles. The third kappa shape index (κ3) is 5.36. The van der Waals surface area contributed by atoms with E-state index in [0.717, 1.165) is 28.7 Å². The van der Waals surface area contributed by atoms with Gasteiger partial charge in [-0.2, -0.15) is 0 Å². The van der Waals surface area contributed by atoms with E-state index in [0.29, 0.717) is 11.3 Å². The van der Waals surface area contributed by atoms with Crippen molar-refractivity contribution in [3.05, 3.63) is 63.7 Å². The number of ketones is 1. The zero-order valence-corrected chi connectivity index (χ0v) is 17.5. The fraction of sp³-hybridized carbons (Fsp3) is 0.364. The SMILES string of the molecule is CCc1ccc(NC(=O)CS(=O)Cc2c(C)cc(C)c(C(C)=O)c2C)cc1. The third-order valence-electron chi connectivity index (χ3n) is 4.73. The number of hydrogen-bond donors (Lipinski definition) is 1. The summed E-state index contributed by atoms with van der Waals surface area (Å²) < 4.78 is 12.5. The number of amides is 1. The molecule has 0 spiro atoms. The summed E-state index contributed by atoms with van der Waals surface area (Å²) in [5.41, 5.74) is 6.28. The van der Waals surface area contributed by atoms with Gasteiger partial charge in [0.25, 0.3) is 0 Å². The molecule has 2 rings (SSSR count). The molecule has 1 atom stereocenters. The van der Waals surface area contributed by atoms with Crippen LogP contribution in [0, 0.1) is 20.8 Å². The Labute approximate surface area is 163 Å². The average molecular weight is 386 g/mol. The van der Waals surface area contributed by atoms with Crippen LogP contribution in [0.15, 0.2) is 30.3 Å². The van der Waals surface area contributed by atoms with Crippen molar-refractivity contribution in [2.24, 2.45) is 0 Å². The first-order valence-electron chi connectivity index (χ1n) is 9.07. The molecule has 2 aromatic rings. The maximum atomic E-state index is 12.5.